The average Bonchev–Trinajstić information content (AvgIpc) is 3.08. The van der Waals surface area contributed by atoms with Gasteiger partial charge in [0.15, 0.2) is 10.8 Å². The number of hydrogen-bond acceptors (Lipinski definition) is 5. The molecule has 0 spiro atoms. The number of amidine groups is 1. The summed E-state index contributed by atoms with van der Waals surface area (Å²) in [5.74, 6) is -0.440. The Morgan fingerprint density at radius 1 is 1.44 bits per heavy atom. The number of thiazole rings is 1. The van der Waals surface area contributed by atoms with E-state index in [-0.39, 0.29) is 5.57 Å². The molecule has 0 bridgehead atoms. The maximum absolute atomic E-state index is 12.0. The van der Waals surface area contributed by atoms with E-state index in [1.807, 2.05) is 5.38 Å². The summed E-state index contributed by atoms with van der Waals surface area (Å²) in [5.41, 5.74) is 1.36. The Kier molecular flexibility index (Phi) is 5.48. The molecule has 1 aliphatic rings. The minimum absolute atomic E-state index is 0.170. The van der Waals surface area contributed by atoms with Crippen LogP contribution >= 0.6 is 50.5 Å². The molecule has 1 aromatic heterocycles. The van der Waals surface area contributed by atoms with Crippen molar-refractivity contribution in [2.75, 3.05) is 12.4 Å². The zero-order valence-electron chi connectivity index (χ0n) is 12.9. The van der Waals surface area contributed by atoms with Crippen molar-refractivity contribution in [1.29, 1.82) is 0 Å². The summed E-state index contributed by atoms with van der Waals surface area (Å²) < 4.78 is 0. The predicted octanol–water partition coefficient (Wildman–Crippen LogP) is 4.62. The molecule has 3 rings (SSSR count). The lowest BCUT2D eigenvalue weighted by atomic mass is 9.95. The molecule has 2 aromatic rings. The first-order valence-electron chi connectivity index (χ1n) is 7.12. The summed E-state index contributed by atoms with van der Waals surface area (Å²) in [6.45, 7) is 0. The third kappa shape index (κ3) is 3.46. The molecular formula is C16H12BrCl2N3O2S. The highest BCUT2D eigenvalue weighted by molar-refractivity contribution is 9.09. The summed E-state index contributed by atoms with van der Waals surface area (Å²) in [5, 5.41) is 13.6. The molecule has 0 aliphatic carbocycles. The molecule has 130 valence electrons. The van der Waals surface area contributed by atoms with Crippen LogP contribution in [0.2, 0.25) is 10.0 Å². The van der Waals surface area contributed by atoms with Crippen LogP contribution in [0.5, 0.6) is 0 Å². The van der Waals surface area contributed by atoms with Crippen LogP contribution in [-0.4, -0.2) is 39.2 Å². The van der Waals surface area contributed by atoms with Gasteiger partial charge in [-0.25, -0.2) is 9.78 Å². The molecule has 2 heterocycles. The van der Waals surface area contributed by atoms with E-state index in [0.29, 0.717) is 37.5 Å². The van der Waals surface area contributed by atoms with Crippen molar-refractivity contribution in [3.8, 4) is 0 Å². The highest BCUT2D eigenvalue weighted by Gasteiger charge is 2.35. The van der Waals surface area contributed by atoms with Gasteiger partial charge in [0.2, 0.25) is 0 Å². The molecule has 1 unspecified atom stereocenters. The Labute approximate surface area is 166 Å². The average molecular weight is 461 g/mol. The summed E-state index contributed by atoms with van der Waals surface area (Å²) >= 11 is 17.1. The molecule has 25 heavy (non-hydrogen) atoms. The van der Waals surface area contributed by atoms with E-state index in [4.69, 9.17) is 23.2 Å². The first kappa shape index (κ1) is 18.4. The molecule has 0 amide bonds. The molecule has 0 saturated carbocycles. The summed E-state index contributed by atoms with van der Waals surface area (Å²) in [6.07, 6.45) is 1.69. The smallest absolute Gasteiger partial charge is 0.335 e. The fraction of sp³-hybridized carbons (Fsp3) is 0.188. The zero-order chi connectivity index (χ0) is 18.1. The van der Waals surface area contributed by atoms with Gasteiger partial charge in [-0.2, -0.15) is 0 Å². The van der Waals surface area contributed by atoms with Crippen molar-refractivity contribution in [3.05, 3.63) is 61.7 Å². The standard InChI is InChI=1S/C16H12BrCl2N3O2S/c1-22-11(7-17)12(16(23)24)13(9-3-2-8(18)6-10(9)19)21-14(22)15-20-4-5-25-15/h2-6,13H,7H2,1H3,(H,23,24). The number of aliphatic imine (C=N–C) groups is 1. The quantitative estimate of drug-likeness (QED) is 0.676. The predicted molar refractivity (Wildman–Crippen MR) is 104 cm³/mol. The third-order valence-corrected chi connectivity index (χ3v) is 5.66. The SMILES string of the molecule is CN1C(c2nccs2)=NC(c2ccc(Cl)cc2Cl)C(C(=O)O)=C1CBr. The topological polar surface area (TPSA) is 65.8 Å². The largest absolute Gasteiger partial charge is 0.478 e. The number of halogens is 3. The maximum atomic E-state index is 12.0. The summed E-state index contributed by atoms with van der Waals surface area (Å²) in [4.78, 5) is 22.7. The first-order valence-corrected chi connectivity index (χ1v) is 9.88. The molecule has 0 fully saturated rings. The number of carbonyl (C=O) groups is 1. The number of carboxylic acids is 1. The van der Waals surface area contributed by atoms with Gasteiger partial charge in [-0.15, -0.1) is 11.3 Å². The lowest BCUT2D eigenvalue weighted by molar-refractivity contribution is -0.133. The number of aliphatic carboxylic acids is 1. The molecule has 0 saturated heterocycles. The van der Waals surface area contributed by atoms with Crippen molar-refractivity contribution in [2.24, 2.45) is 4.99 Å². The number of benzene rings is 1. The second kappa shape index (κ2) is 7.45. The Morgan fingerprint density at radius 2 is 2.20 bits per heavy atom. The number of nitrogens with zero attached hydrogens (tertiary/aromatic N) is 3. The van der Waals surface area contributed by atoms with E-state index in [1.54, 1.807) is 36.3 Å². The first-order chi connectivity index (χ1) is 11.9. The number of rotatable bonds is 4. The number of carboxylic acid groups (broad SMARTS) is 1. The Morgan fingerprint density at radius 3 is 2.76 bits per heavy atom. The maximum Gasteiger partial charge on any atom is 0.335 e. The van der Waals surface area contributed by atoms with Gasteiger partial charge in [-0.1, -0.05) is 45.2 Å². The second-order valence-electron chi connectivity index (χ2n) is 5.22. The molecule has 1 aliphatic heterocycles. The lowest BCUT2D eigenvalue weighted by Gasteiger charge is -2.32. The number of hydrogen-bond donors (Lipinski definition) is 1. The molecule has 0 radical (unpaired) electrons. The van der Waals surface area contributed by atoms with Crippen LogP contribution in [-0.2, 0) is 4.79 Å². The Balaban J connectivity index is 2.23. The van der Waals surface area contributed by atoms with Gasteiger partial charge in [0.05, 0.1) is 5.57 Å². The highest BCUT2D eigenvalue weighted by Crippen LogP contribution is 2.39. The van der Waals surface area contributed by atoms with E-state index < -0.39 is 12.0 Å². The van der Waals surface area contributed by atoms with Gasteiger partial charge in [0, 0.05) is 45.3 Å². The van der Waals surface area contributed by atoms with E-state index >= 15 is 0 Å². The molecule has 1 aromatic carbocycles. The fourth-order valence-corrected chi connectivity index (χ4v) is 4.48. The van der Waals surface area contributed by atoms with Crippen LogP contribution in [0.1, 0.15) is 16.6 Å². The van der Waals surface area contributed by atoms with Crippen molar-refractivity contribution in [1.82, 2.24) is 9.88 Å². The fourth-order valence-electron chi connectivity index (χ4n) is 2.62. The van der Waals surface area contributed by atoms with E-state index in [1.165, 1.54) is 11.3 Å². The minimum atomic E-state index is -1.04. The van der Waals surface area contributed by atoms with E-state index in [0.717, 1.165) is 0 Å². The van der Waals surface area contributed by atoms with Crippen molar-refractivity contribution in [3.63, 3.8) is 0 Å². The van der Waals surface area contributed by atoms with Crippen molar-refractivity contribution >= 4 is 62.3 Å². The second-order valence-corrected chi connectivity index (χ2v) is 7.52. The normalized spacial score (nSPS) is 17.7. The van der Waals surface area contributed by atoms with Crippen LogP contribution in [0.4, 0.5) is 0 Å². The van der Waals surface area contributed by atoms with Crippen LogP contribution in [0.15, 0.2) is 46.0 Å². The van der Waals surface area contributed by atoms with Crippen molar-refractivity contribution in [2.45, 2.75) is 6.04 Å². The number of alkyl halides is 1. The van der Waals surface area contributed by atoms with Crippen LogP contribution < -0.4 is 0 Å². The van der Waals surface area contributed by atoms with Gasteiger partial charge in [0.25, 0.3) is 0 Å². The van der Waals surface area contributed by atoms with Gasteiger partial charge < -0.3 is 10.0 Å². The zero-order valence-corrected chi connectivity index (χ0v) is 16.8. The highest BCUT2D eigenvalue weighted by atomic mass is 79.9. The molecule has 1 N–H and O–H groups in total. The van der Waals surface area contributed by atoms with E-state index in [2.05, 4.69) is 25.9 Å². The lowest BCUT2D eigenvalue weighted by Crippen LogP contribution is -2.35. The van der Waals surface area contributed by atoms with Crippen LogP contribution in [0.25, 0.3) is 0 Å². The van der Waals surface area contributed by atoms with Crippen LogP contribution in [0, 0.1) is 0 Å². The third-order valence-electron chi connectivity index (χ3n) is 3.80. The summed E-state index contributed by atoms with van der Waals surface area (Å²) in [7, 11) is 1.78. The van der Waals surface area contributed by atoms with Gasteiger partial charge in [-0.3, -0.25) is 4.99 Å². The molecular weight excluding hydrogens is 449 g/mol. The van der Waals surface area contributed by atoms with Crippen molar-refractivity contribution < 1.29 is 9.90 Å². The summed E-state index contributed by atoms with van der Waals surface area (Å²) in [6, 6.07) is 4.22. The Bertz CT molecular complexity index is 884. The number of aromatic nitrogens is 1. The van der Waals surface area contributed by atoms with Crippen LogP contribution in [0.3, 0.4) is 0 Å². The Hall–Kier alpha value is -1.41. The molecule has 5 nitrogen and oxygen atoms in total. The van der Waals surface area contributed by atoms with Gasteiger partial charge in [-0.05, 0) is 12.1 Å². The van der Waals surface area contributed by atoms with Gasteiger partial charge >= 0.3 is 5.97 Å². The minimum Gasteiger partial charge on any atom is -0.478 e. The van der Waals surface area contributed by atoms with Gasteiger partial charge in [0.1, 0.15) is 6.04 Å². The number of allylic oxidation sites excluding steroid dienone is 1. The molecule has 9 heteroatoms. The monoisotopic (exact) mass is 459 g/mol. The van der Waals surface area contributed by atoms with E-state index in [9.17, 15) is 9.90 Å². The molecule has 1 atom stereocenters.